The molecule has 1 saturated heterocycles. The minimum Gasteiger partial charge on any atom is -0.421 e. The van der Waals surface area contributed by atoms with Crippen LogP contribution < -0.4 is 0 Å². The second-order valence-electron chi connectivity index (χ2n) is 5.02. The number of hydrogen-bond donors (Lipinski definition) is 0. The molecule has 1 aliphatic rings. The summed E-state index contributed by atoms with van der Waals surface area (Å²) < 4.78 is 10.9. The second kappa shape index (κ2) is 6.36. The van der Waals surface area contributed by atoms with Gasteiger partial charge in [0.25, 0.3) is 0 Å². The number of aryl methyl sites for hydroxylation is 1. The van der Waals surface area contributed by atoms with Crippen LogP contribution >= 0.6 is 11.3 Å². The molecule has 3 heterocycles. The molecule has 1 fully saturated rings. The topological polar surface area (TPSA) is 68.5 Å². The summed E-state index contributed by atoms with van der Waals surface area (Å²) in [5.74, 6) is 1.13. The number of morpholine rings is 1. The zero-order valence-electron chi connectivity index (χ0n) is 11.8. The van der Waals surface area contributed by atoms with Gasteiger partial charge in [0.2, 0.25) is 17.7 Å². The van der Waals surface area contributed by atoms with Crippen molar-refractivity contribution in [3.63, 3.8) is 0 Å². The van der Waals surface area contributed by atoms with Crippen LogP contribution in [0.4, 0.5) is 0 Å². The number of thiophene rings is 1. The van der Waals surface area contributed by atoms with Crippen molar-refractivity contribution in [3.8, 4) is 11.5 Å². The van der Waals surface area contributed by atoms with Crippen LogP contribution in [0.2, 0.25) is 0 Å². The lowest BCUT2D eigenvalue weighted by molar-refractivity contribution is -0.139. The molecule has 2 aromatic heterocycles. The second-order valence-corrected chi connectivity index (χ2v) is 5.80. The highest BCUT2D eigenvalue weighted by Gasteiger charge is 2.23. The molecule has 0 aromatic carbocycles. The van der Waals surface area contributed by atoms with Gasteiger partial charge in [-0.1, -0.05) is 0 Å². The van der Waals surface area contributed by atoms with Gasteiger partial charge >= 0.3 is 0 Å². The molecule has 112 valence electrons. The molecule has 0 bridgehead atoms. The summed E-state index contributed by atoms with van der Waals surface area (Å²) in [6.07, 6.45) is 0.857. The van der Waals surface area contributed by atoms with E-state index in [9.17, 15) is 4.79 Å². The van der Waals surface area contributed by atoms with E-state index in [2.05, 4.69) is 10.2 Å². The average molecular weight is 307 g/mol. The summed E-state index contributed by atoms with van der Waals surface area (Å²) in [4.78, 5) is 14.1. The highest BCUT2D eigenvalue weighted by Crippen LogP contribution is 2.21. The minimum absolute atomic E-state index is 0.112. The molecule has 3 rings (SSSR count). The maximum atomic E-state index is 12.2. The van der Waals surface area contributed by atoms with Gasteiger partial charge < -0.3 is 14.1 Å². The van der Waals surface area contributed by atoms with Gasteiger partial charge in [-0.25, -0.2) is 0 Å². The first-order valence-corrected chi connectivity index (χ1v) is 7.90. The number of carbonyl (C=O) groups is 1. The summed E-state index contributed by atoms with van der Waals surface area (Å²) in [6.45, 7) is 3.87. The molecule has 0 N–H and O–H groups in total. The van der Waals surface area contributed by atoms with E-state index in [0.717, 1.165) is 5.56 Å². The van der Waals surface area contributed by atoms with Crippen molar-refractivity contribution in [2.75, 3.05) is 19.8 Å². The maximum Gasteiger partial charge on any atom is 0.248 e. The molecule has 21 heavy (non-hydrogen) atoms. The van der Waals surface area contributed by atoms with E-state index in [4.69, 9.17) is 9.15 Å². The molecule has 6 nitrogen and oxygen atoms in total. The maximum absolute atomic E-state index is 12.2. The molecular formula is C14H17N3O3S. The molecular weight excluding hydrogens is 290 g/mol. The van der Waals surface area contributed by atoms with Crippen LogP contribution in [0.5, 0.6) is 0 Å². The zero-order valence-corrected chi connectivity index (χ0v) is 12.6. The molecule has 2 aromatic rings. The Balaban J connectivity index is 1.56. The Morgan fingerprint density at radius 1 is 1.52 bits per heavy atom. The fraction of sp³-hybridized carbons (Fsp3) is 0.500. The van der Waals surface area contributed by atoms with Gasteiger partial charge in [-0.3, -0.25) is 4.79 Å². The van der Waals surface area contributed by atoms with Gasteiger partial charge in [0.05, 0.1) is 19.3 Å². The number of amides is 1. The van der Waals surface area contributed by atoms with Crippen molar-refractivity contribution in [1.82, 2.24) is 15.1 Å². The van der Waals surface area contributed by atoms with Crippen molar-refractivity contribution < 1.29 is 13.9 Å². The molecule has 1 atom stereocenters. The lowest BCUT2D eigenvalue weighted by Crippen LogP contribution is -2.47. The van der Waals surface area contributed by atoms with E-state index >= 15 is 0 Å². The molecule has 0 radical (unpaired) electrons. The van der Waals surface area contributed by atoms with Crippen LogP contribution in [0.3, 0.4) is 0 Å². The van der Waals surface area contributed by atoms with Crippen LogP contribution in [-0.2, 0) is 16.0 Å². The quantitative estimate of drug-likeness (QED) is 0.864. The molecule has 7 heteroatoms. The summed E-state index contributed by atoms with van der Waals surface area (Å²) in [5, 5.41) is 11.9. The number of carbonyl (C=O) groups excluding carboxylic acids is 1. The Labute approximate surface area is 126 Å². The van der Waals surface area contributed by atoms with E-state index in [1.165, 1.54) is 0 Å². The van der Waals surface area contributed by atoms with Gasteiger partial charge in [0, 0.05) is 30.3 Å². The first-order chi connectivity index (χ1) is 10.2. The van der Waals surface area contributed by atoms with Gasteiger partial charge in [0.15, 0.2) is 0 Å². The lowest BCUT2D eigenvalue weighted by atomic mass is 10.2. The monoisotopic (exact) mass is 307 g/mol. The predicted molar refractivity (Wildman–Crippen MR) is 77.9 cm³/mol. The van der Waals surface area contributed by atoms with Crippen molar-refractivity contribution >= 4 is 17.2 Å². The van der Waals surface area contributed by atoms with E-state index < -0.39 is 0 Å². The third-order valence-corrected chi connectivity index (χ3v) is 4.16. The fourth-order valence-electron chi connectivity index (χ4n) is 2.31. The van der Waals surface area contributed by atoms with E-state index in [-0.39, 0.29) is 11.9 Å². The number of nitrogens with zero attached hydrogens (tertiary/aromatic N) is 3. The summed E-state index contributed by atoms with van der Waals surface area (Å²) >= 11 is 1.58. The third kappa shape index (κ3) is 3.30. The predicted octanol–water partition coefficient (Wildman–Crippen LogP) is 1.98. The van der Waals surface area contributed by atoms with E-state index in [1.54, 1.807) is 11.3 Å². The average Bonchev–Trinajstić information content (AvgIpc) is 3.16. The highest BCUT2D eigenvalue weighted by molar-refractivity contribution is 7.08. The molecule has 0 unspecified atom stereocenters. The minimum atomic E-state index is 0.112. The molecule has 0 spiro atoms. The van der Waals surface area contributed by atoms with Crippen LogP contribution in [0.25, 0.3) is 11.5 Å². The van der Waals surface area contributed by atoms with Crippen molar-refractivity contribution in [3.05, 3.63) is 22.7 Å². The van der Waals surface area contributed by atoms with Gasteiger partial charge in [0.1, 0.15) is 0 Å². The van der Waals surface area contributed by atoms with Gasteiger partial charge in [-0.05, 0) is 18.4 Å². The Bertz CT molecular complexity index is 596. The van der Waals surface area contributed by atoms with Gasteiger partial charge in [-0.2, -0.15) is 11.3 Å². The molecule has 0 aliphatic carbocycles. The van der Waals surface area contributed by atoms with Crippen LogP contribution in [0.1, 0.15) is 19.2 Å². The van der Waals surface area contributed by atoms with Crippen LogP contribution in [0, 0.1) is 0 Å². The van der Waals surface area contributed by atoms with Crippen molar-refractivity contribution in [1.29, 1.82) is 0 Å². The third-order valence-electron chi connectivity index (χ3n) is 3.48. The van der Waals surface area contributed by atoms with E-state index in [1.807, 2.05) is 28.7 Å². The standard InChI is InChI=1S/C14H17N3O3S/c1-10-8-19-6-5-17(10)13(18)3-2-12-15-16-14(20-12)11-4-7-21-9-11/h4,7,9-10H,2-3,5-6,8H2,1H3/t10-/m0/s1. The largest absolute Gasteiger partial charge is 0.421 e. The van der Waals surface area contributed by atoms with Gasteiger partial charge in [-0.15, -0.1) is 10.2 Å². The SMILES string of the molecule is C[C@H]1COCCN1C(=O)CCc1nnc(-c2ccsc2)o1. The fourth-order valence-corrected chi connectivity index (χ4v) is 2.94. The zero-order chi connectivity index (χ0) is 14.7. The smallest absolute Gasteiger partial charge is 0.248 e. The summed E-state index contributed by atoms with van der Waals surface area (Å²) in [7, 11) is 0. The first-order valence-electron chi connectivity index (χ1n) is 6.96. The Kier molecular flexibility index (Phi) is 4.31. The first kappa shape index (κ1) is 14.2. The van der Waals surface area contributed by atoms with Crippen molar-refractivity contribution in [2.45, 2.75) is 25.8 Å². The number of aromatic nitrogens is 2. The van der Waals surface area contributed by atoms with Crippen LogP contribution in [-0.4, -0.2) is 46.8 Å². The Hall–Kier alpha value is -1.73. The number of hydrogen-bond acceptors (Lipinski definition) is 6. The van der Waals surface area contributed by atoms with Crippen molar-refractivity contribution in [2.24, 2.45) is 0 Å². The molecule has 0 saturated carbocycles. The Morgan fingerprint density at radius 3 is 3.19 bits per heavy atom. The lowest BCUT2D eigenvalue weighted by Gasteiger charge is -2.33. The van der Waals surface area contributed by atoms with E-state index in [0.29, 0.717) is 44.4 Å². The summed E-state index contributed by atoms with van der Waals surface area (Å²) in [6, 6.07) is 2.07. The van der Waals surface area contributed by atoms with Crippen LogP contribution in [0.15, 0.2) is 21.2 Å². The number of ether oxygens (including phenoxy) is 1. The molecule has 1 aliphatic heterocycles. The normalized spacial score (nSPS) is 18.9. The number of rotatable bonds is 4. The molecule has 1 amide bonds. The summed E-state index contributed by atoms with van der Waals surface area (Å²) in [5.41, 5.74) is 0.923. The Morgan fingerprint density at radius 2 is 2.43 bits per heavy atom. The highest BCUT2D eigenvalue weighted by atomic mass is 32.1.